The van der Waals surface area contributed by atoms with Gasteiger partial charge in [0.05, 0.1) is 11.3 Å². The molecule has 1 heterocycles. The van der Waals surface area contributed by atoms with Crippen LogP contribution in [-0.2, 0) is 0 Å². The molecule has 1 atom stereocenters. The van der Waals surface area contributed by atoms with Crippen LogP contribution in [-0.4, -0.2) is 38.1 Å². The first-order chi connectivity index (χ1) is 8.13. The molecule has 1 aromatic carbocycles. The fraction of sp³-hybridized carbons (Fsp3) is 0.500. The van der Waals surface area contributed by atoms with E-state index < -0.39 is 0 Å². The topological polar surface area (TPSA) is 30.3 Å². The highest BCUT2D eigenvalue weighted by Gasteiger charge is 2.26. The lowest BCUT2D eigenvalue weighted by Gasteiger charge is -2.24. The molecule has 90 valence electrons. The molecule has 2 rings (SSSR count). The van der Waals surface area contributed by atoms with Crippen molar-refractivity contribution in [3.63, 3.8) is 0 Å². The zero-order valence-corrected chi connectivity index (χ0v) is 10.8. The Labute approximate surface area is 103 Å². The van der Waals surface area contributed by atoms with Gasteiger partial charge in [0.2, 0.25) is 0 Å². The summed E-state index contributed by atoms with van der Waals surface area (Å²) in [4.78, 5) is 4.61. The summed E-state index contributed by atoms with van der Waals surface area (Å²) in [5.41, 5.74) is 3.12. The van der Waals surface area contributed by atoms with E-state index in [0.29, 0.717) is 6.04 Å². The van der Waals surface area contributed by atoms with E-state index >= 15 is 0 Å². The summed E-state index contributed by atoms with van der Waals surface area (Å²) in [7, 11) is 4.24. The van der Waals surface area contributed by atoms with Crippen LogP contribution in [0.5, 0.6) is 0 Å². The summed E-state index contributed by atoms with van der Waals surface area (Å²) in [6.45, 7) is 4.15. The molecule has 0 radical (unpaired) electrons. The Bertz CT molecular complexity index is 445. The van der Waals surface area contributed by atoms with Crippen LogP contribution in [0.4, 0.5) is 5.69 Å². The van der Waals surface area contributed by atoms with Crippen LogP contribution < -0.4 is 4.90 Å². The highest BCUT2D eigenvalue weighted by Crippen LogP contribution is 2.28. The minimum Gasteiger partial charge on any atom is -0.369 e. The van der Waals surface area contributed by atoms with Crippen molar-refractivity contribution >= 4 is 5.69 Å². The van der Waals surface area contributed by atoms with E-state index in [1.165, 1.54) is 12.0 Å². The van der Waals surface area contributed by atoms with Gasteiger partial charge in [0.1, 0.15) is 6.07 Å². The van der Waals surface area contributed by atoms with Crippen molar-refractivity contribution in [3.8, 4) is 6.07 Å². The number of hydrogen-bond donors (Lipinski definition) is 0. The molecule has 0 spiro atoms. The number of benzene rings is 1. The molecule has 17 heavy (non-hydrogen) atoms. The van der Waals surface area contributed by atoms with Gasteiger partial charge in [-0.25, -0.2) is 0 Å². The maximum absolute atomic E-state index is 9.19. The summed E-state index contributed by atoms with van der Waals surface area (Å²) >= 11 is 0. The van der Waals surface area contributed by atoms with Gasteiger partial charge in [-0.05, 0) is 39.1 Å². The van der Waals surface area contributed by atoms with Crippen LogP contribution >= 0.6 is 0 Å². The van der Waals surface area contributed by atoms with Crippen LogP contribution in [0.15, 0.2) is 18.2 Å². The molecule has 1 fully saturated rings. The van der Waals surface area contributed by atoms with Crippen LogP contribution in [0.25, 0.3) is 0 Å². The highest BCUT2D eigenvalue weighted by atomic mass is 15.2. The summed E-state index contributed by atoms with van der Waals surface area (Å²) in [6, 6.07) is 8.85. The Morgan fingerprint density at radius 3 is 2.76 bits per heavy atom. The Morgan fingerprint density at radius 1 is 1.41 bits per heavy atom. The van der Waals surface area contributed by atoms with Gasteiger partial charge in [-0.1, -0.05) is 12.1 Å². The number of likely N-dealkylation sites (N-methyl/N-ethyl adjacent to an activating group) is 1. The minimum absolute atomic E-state index is 0.598. The summed E-state index contributed by atoms with van der Waals surface area (Å²) < 4.78 is 0. The second-order valence-corrected chi connectivity index (χ2v) is 4.94. The van der Waals surface area contributed by atoms with Crippen LogP contribution in [0.2, 0.25) is 0 Å². The second kappa shape index (κ2) is 4.77. The number of anilines is 1. The number of nitriles is 1. The molecule has 3 nitrogen and oxygen atoms in total. The SMILES string of the molecule is Cc1cccc(C#N)c1N1CCC(N(C)C)C1. The molecule has 0 saturated carbocycles. The Balaban J connectivity index is 2.28. The number of aryl methyl sites for hydroxylation is 1. The standard InChI is InChI=1S/C14H19N3/c1-11-5-4-6-12(9-15)14(11)17-8-7-13(10-17)16(2)3/h4-6,13H,7-8,10H2,1-3H3. The van der Waals surface area contributed by atoms with Gasteiger partial charge in [0.25, 0.3) is 0 Å². The Kier molecular flexibility index (Phi) is 3.35. The highest BCUT2D eigenvalue weighted by molar-refractivity contribution is 5.64. The van der Waals surface area contributed by atoms with Gasteiger partial charge in [-0.3, -0.25) is 0 Å². The van der Waals surface area contributed by atoms with Crippen LogP contribution in [0, 0.1) is 18.3 Å². The van der Waals surface area contributed by atoms with Gasteiger partial charge in [0, 0.05) is 19.1 Å². The second-order valence-electron chi connectivity index (χ2n) is 4.94. The lowest BCUT2D eigenvalue weighted by Crippen LogP contribution is -2.31. The molecule has 3 heteroatoms. The third-order valence-electron chi connectivity index (χ3n) is 3.57. The zero-order valence-electron chi connectivity index (χ0n) is 10.8. The molecule has 1 aliphatic heterocycles. The predicted molar refractivity (Wildman–Crippen MR) is 70.2 cm³/mol. The first-order valence-electron chi connectivity index (χ1n) is 6.04. The van der Waals surface area contributed by atoms with Gasteiger partial charge in [-0.2, -0.15) is 5.26 Å². The molecule has 0 aliphatic carbocycles. The molecule has 0 amide bonds. The molecular weight excluding hydrogens is 210 g/mol. The minimum atomic E-state index is 0.598. The third kappa shape index (κ3) is 2.27. The lowest BCUT2D eigenvalue weighted by atomic mass is 10.1. The number of nitrogens with zero attached hydrogens (tertiary/aromatic N) is 3. The van der Waals surface area contributed by atoms with Crippen molar-refractivity contribution in [2.24, 2.45) is 0 Å². The van der Waals surface area contributed by atoms with E-state index in [4.69, 9.17) is 0 Å². The molecular formula is C14H19N3. The maximum atomic E-state index is 9.19. The van der Waals surface area contributed by atoms with E-state index in [-0.39, 0.29) is 0 Å². The number of para-hydroxylation sites is 1. The Morgan fingerprint density at radius 2 is 2.18 bits per heavy atom. The van der Waals surface area contributed by atoms with Crippen molar-refractivity contribution in [1.82, 2.24) is 4.90 Å². The third-order valence-corrected chi connectivity index (χ3v) is 3.57. The molecule has 1 aromatic rings. The zero-order chi connectivity index (χ0) is 12.4. The summed E-state index contributed by atoms with van der Waals surface area (Å²) in [5.74, 6) is 0. The maximum Gasteiger partial charge on any atom is 0.101 e. The van der Waals surface area contributed by atoms with E-state index in [1.54, 1.807) is 0 Å². The smallest absolute Gasteiger partial charge is 0.101 e. The average molecular weight is 229 g/mol. The normalized spacial score (nSPS) is 19.7. The Hall–Kier alpha value is -1.53. The van der Waals surface area contributed by atoms with Crippen LogP contribution in [0.3, 0.4) is 0 Å². The van der Waals surface area contributed by atoms with Crippen molar-refractivity contribution < 1.29 is 0 Å². The molecule has 0 aromatic heterocycles. The monoisotopic (exact) mass is 229 g/mol. The molecule has 0 N–H and O–H groups in total. The first kappa shape index (κ1) is 11.9. The van der Waals surface area contributed by atoms with Gasteiger partial charge in [-0.15, -0.1) is 0 Å². The lowest BCUT2D eigenvalue weighted by molar-refractivity contribution is 0.315. The quantitative estimate of drug-likeness (QED) is 0.777. The van der Waals surface area contributed by atoms with Gasteiger partial charge < -0.3 is 9.80 Å². The number of hydrogen-bond acceptors (Lipinski definition) is 3. The predicted octanol–water partition coefficient (Wildman–Crippen LogP) is 2.01. The van der Waals surface area contributed by atoms with Gasteiger partial charge in [0.15, 0.2) is 0 Å². The average Bonchev–Trinajstić information content (AvgIpc) is 2.77. The van der Waals surface area contributed by atoms with E-state index in [1.807, 2.05) is 12.1 Å². The van der Waals surface area contributed by atoms with Crippen LogP contribution in [0.1, 0.15) is 17.5 Å². The fourth-order valence-corrected chi connectivity index (χ4v) is 2.54. The fourth-order valence-electron chi connectivity index (χ4n) is 2.54. The molecule has 1 aliphatic rings. The van der Waals surface area contributed by atoms with Crippen molar-refractivity contribution in [2.75, 3.05) is 32.1 Å². The molecule has 0 bridgehead atoms. The van der Waals surface area contributed by atoms with E-state index in [0.717, 1.165) is 24.3 Å². The number of rotatable bonds is 2. The van der Waals surface area contributed by atoms with E-state index in [9.17, 15) is 5.26 Å². The summed E-state index contributed by atoms with van der Waals surface area (Å²) in [6.07, 6.45) is 1.17. The van der Waals surface area contributed by atoms with Crippen molar-refractivity contribution in [3.05, 3.63) is 29.3 Å². The largest absolute Gasteiger partial charge is 0.369 e. The molecule has 1 saturated heterocycles. The van der Waals surface area contributed by atoms with Crippen molar-refractivity contribution in [2.45, 2.75) is 19.4 Å². The van der Waals surface area contributed by atoms with Gasteiger partial charge >= 0.3 is 0 Å². The first-order valence-corrected chi connectivity index (χ1v) is 6.04. The molecule has 1 unspecified atom stereocenters. The van der Waals surface area contributed by atoms with E-state index in [2.05, 4.69) is 43.0 Å². The summed E-state index contributed by atoms with van der Waals surface area (Å²) in [5, 5.41) is 9.19. The van der Waals surface area contributed by atoms with Crippen molar-refractivity contribution in [1.29, 1.82) is 5.26 Å².